The van der Waals surface area contributed by atoms with Crippen LogP contribution in [0.1, 0.15) is 24.1 Å². The van der Waals surface area contributed by atoms with Crippen molar-refractivity contribution >= 4 is 5.97 Å². The van der Waals surface area contributed by atoms with Gasteiger partial charge in [-0.15, -0.1) is 0 Å². The van der Waals surface area contributed by atoms with Gasteiger partial charge in [0.25, 0.3) is 0 Å². The molecule has 3 nitrogen and oxygen atoms in total. The van der Waals surface area contributed by atoms with Gasteiger partial charge in [-0.3, -0.25) is 9.78 Å². The molecule has 0 radical (unpaired) electrons. The van der Waals surface area contributed by atoms with Gasteiger partial charge in [0.15, 0.2) is 0 Å². The number of aryl methyl sites for hydroxylation is 1. The van der Waals surface area contributed by atoms with E-state index >= 15 is 0 Å². The third kappa shape index (κ3) is 2.65. The summed E-state index contributed by atoms with van der Waals surface area (Å²) in [5, 5.41) is 0. The molecule has 0 saturated heterocycles. The third-order valence-electron chi connectivity index (χ3n) is 3.26. The molecule has 0 aliphatic heterocycles. The number of benzene rings is 1. The van der Waals surface area contributed by atoms with Crippen molar-refractivity contribution in [2.75, 3.05) is 7.11 Å². The molecule has 19 heavy (non-hydrogen) atoms. The van der Waals surface area contributed by atoms with Crippen molar-refractivity contribution in [3.8, 4) is 11.1 Å². The van der Waals surface area contributed by atoms with Crippen LogP contribution in [0, 0.1) is 6.92 Å². The van der Waals surface area contributed by atoms with E-state index in [1.165, 1.54) is 7.11 Å². The number of rotatable bonds is 3. The van der Waals surface area contributed by atoms with Gasteiger partial charge in [0.05, 0.1) is 13.0 Å². The average molecular weight is 255 g/mol. The van der Waals surface area contributed by atoms with Gasteiger partial charge in [-0.1, -0.05) is 30.3 Å². The first-order valence-corrected chi connectivity index (χ1v) is 6.24. The van der Waals surface area contributed by atoms with Crippen molar-refractivity contribution in [2.45, 2.75) is 19.8 Å². The van der Waals surface area contributed by atoms with E-state index in [2.05, 4.69) is 4.98 Å². The Morgan fingerprint density at radius 1 is 1.21 bits per heavy atom. The third-order valence-corrected chi connectivity index (χ3v) is 3.26. The van der Waals surface area contributed by atoms with E-state index in [4.69, 9.17) is 4.74 Å². The maximum Gasteiger partial charge on any atom is 0.312 e. The number of carbonyl (C=O) groups is 1. The minimum Gasteiger partial charge on any atom is -0.469 e. The number of hydrogen-bond acceptors (Lipinski definition) is 3. The molecule has 0 N–H and O–H groups in total. The van der Waals surface area contributed by atoms with E-state index < -0.39 is 0 Å². The number of aromatic nitrogens is 1. The van der Waals surface area contributed by atoms with Crippen LogP contribution in [0.4, 0.5) is 0 Å². The molecule has 98 valence electrons. The first kappa shape index (κ1) is 13.3. The molecular formula is C16H17NO2. The Kier molecular flexibility index (Phi) is 3.95. The lowest BCUT2D eigenvalue weighted by atomic mass is 9.91. The highest BCUT2D eigenvalue weighted by atomic mass is 16.5. The van der Waals surface area contributed by atoms with Crippen LogP contribution in [0.25, 0.3) is 11.1 Å². The molecule has 0 aliphatic rings. The van der Waals surface area contributed by atoms with Crippen LogP contribution in [0.5, 0.6) is 0 Å². The van der Waals surface area contributed by atoms with E-state index in [1.54, 1.807) is 6.20 Å². The van der Waals surface area contributed by atoms with Crippen LogP contribution < -0.4 is 0 Å². The predicted octanol–water partition coefficient (Wildman–Crippen LogP) is 3.33. The fraction of sp³-hybridized carbons (Fsp3) is 0.250. The van der Waals surface area contributed by atoms with E-state index in [1.807, 2.05) is 50.2 Å². The number of hydrogen-bond donors (Lipinski definition) is 0. The first-order valence-electron chi connectivity index (χ1n) is 6.24. The Hall–Kier alpha value is -2.16. The maximum atomic E-state index is 11.8. The lowest BCUT2D eigenvalue weighted by molar-refractivity contribution is -0.142. The summed E-state index contributed by atoms with van der Waals surface area (Å²) in [6.45, 7) is 3.77. The largest absolute Gasteiger partial charge is 0.469 e. The van der Waals surface area contributed by atoms with Gasteiger partial charge in [0, 0.05) is 11.9 Å². The van der Waals surface area contributed by atoms with E-state index in [0.717, 1.165) is 22.4 Å². The number of carbonyl (C=O) groups excluding carboxylic acids is 1. The van der Waals surface area contributed by atoms with Gasteiger partial charge in [0.2, 0.25) is 0 Å². The molecule has 0 bridgehead atoms. The Morgan fingerprint density at radius 2 is 1.89 bits per heavy atom. The van der Waals surface area contributed by atoms with Crippen molar-refractivity contribution in [2.24, 2.45) is 0 Å². The standard InChI is InChI=1S/C16H17NO2/c1-11(16(18)19-3)15-12(2)17-10-9-14(15)13-7-5-4-6-8-13/h4-11H,1-3H3. The lowest BCUT2D eigenvalue weighted by Gasteiger charge is -2.16. The van der Waals surface area contributed by atoms with Crippen LogP contribution in [0.3, 0.4) is 0 Å². The van der Waals surface area contributed by atoms with E-state index in [9.17, 15) is 4.79 Å². The number of esters is 1. The number of nitrogens with zero attached hydrogens (tertiary/aromatic N) is 1. The summed E-state index contributed by atoms with van der Waals surface area (Å²) >= 11 is 0. The fourth-order valence-corrected chi connectivity index (χ4v) is 2.29. The fourth-order valence-electron chi connectivity index (χ4n) is 2.29. The van der Waals surface area contributed by atoms with Crippen molar-refractivity contribution in [1.82, 2.24) is 4.98 Å². The minimum absolute atomic E-state index is 0.242. The summed E-state index contributed by atoms with van der Waals surface area (Å²) in [6.07, 6.45) is 1.77. The van der Waals surface area contributed by atoms with Gasteiger partial charge in [-0.05, 0) is 36.6 Å². The normalized spacial score (nSPS) is 11.9. The van der Waals surface area contributed by atoms with Crippen LogP contribution in [-0.2, 0) is 9.53 Å². The van der Waals surface area contributed by atoms with Gasteiger partial charge < -0.3 is 4.74 Å². The first-order chi connectivity index (χ1) is 9.15. The maximum absolute atomic E-state index is 11.8. The quantitative estimate of drug-likeness (QED) is 0.790. The SMILES string of the molecule is COC(=O)C(C)c1c(-c2ccccc2)ccnc1C. The molecule has 0 saturated carbocycles. The number of pyridine rings is 1. The molecule has 1 aromatic heterocycles. The molecule has 3 heteroatoms. The van der Waals surface area contributed by atoms with Crippen LogP contribution in [0.2, 0.25) is 0 Å². The summed E-state index contributed by atoms with van der Waals surface area (Å²) in [4.78, 5) is 16.1. The molecule has 1 aromatic carbocycles. The molecule has 1 heterocycles. The number of ether oxygens (including phenoxy) is 1. The molecule has 0 fully saturated rings. The predicted molar refractivity (Wildman–Crippen MR) is 74.8 cm³/mol. The Balaban J connectivity index is 2.57. The summed E-state index contributed by atoms with van der Waals surface area (Å²) in [5.41, 5.74) is 3.91. The summed E-state index contributed by atoms with van der Waals surface area (Å²) in [5.74, 6) is -0.567. The lowest BCUT2D eigenvalue weighted by Crippen LogP contribution is -2.13. The van der Waals surface area contributed by atoms with Gasteiger partial charge >= 0.3 is 5.97 Å². The minimum atomic E-state index is -0.325. The highest BCUT2D eigenvalue weighted by Crippen LogP contribution is 2.31. The molecule has 0 aliphatic carbocycles. The molecule has 1 unspecified atom stereocenters. The average Bonchev–Trinajstić information content (AvgIpc) is 2.46. The zero-order valence-electron chi connectivity index (χ0n) is 11.4. The monoisotopic (exact) mass is 255 g/mol. The Bertz CT molecular complexity index is 579. The second-order valence-electron chi connectivity index (χ2n) is 4.47. The van der Waals surface area contributed by atoms with Crippen molar-refractivity contribution < 1.29 is 9.53 Å². The molecule has 2 aromatic rings. The van der Waals surface area contributed by atoms with Gasteiger partial charge in [-0.2, -0.15) is 0 Å². The molecule has 0 amide bonds. The summed E-state index contributed by atoms with van der Waals surface area (Å²) in [6, 6.07) is 11.9. The Morgan fingerprint density at radius 3 is 2.53 bits per heavy atom. The smallest absolute Gasteiger partial charge is 0.312 e. The van der Waals surface area contributed by atoms with Crippen molar-refractivity contribution in [3.63, 3.8) is 0 Å². The summed E-state index contributed by atoms with van der Waals surface area (Å²) in [7, 11) is 1.41. The zero-order valence-corrected chi connectivity index (χ0v) is 11.4. The van der Waals surface area contributed by atoms with Crippen molar-refractivity contribution in [3.05, 3.63) is 53.9 Å². The van der Waals surface area contributed by atoms with Crippen LogP contribution in [0.15, 0.2) is 42.6 Å². The highest BCUT2D eigenvalue weighted by molar-refractivity contribution is 5.82. The zero-order chi connectivity index (χ0) is 13.8. The molecule has 1 atom stereocenters. The van der Waals surface area contributed by atoms with Gasteiger partial charge in [0.1, 0.15) is 0 Å². The second-order valence-corrected chi connectivity index (χ2v) is 4.47. The second kappa shape index (κ2) is 5.65. The molecular weight excluding hydrogens is 238 g/mol. The van der Waals surface area contributed by atoms with E-state index in [-0.39, 0.29) is 11.9 Å². The van der Waals surface area contributed by atoms with Crippen LogP contribution in [-0.4, -0.2) is 18.1 Å². The van der Waals surface area contributed by atoms with Crippen molar-refractivity contribution in [1.29, 1.82) is 0 Å². The van der Waals surface area contributed by atoms with Crippen LogP contribution >= 0.6 is 0 Å². The Labute approximate surface area is 113 Å². The van der Waals surface area contributed by atoms with E-state index in [0.29, 0.717) is 0 Å². The topological polar surface area (TPSA) is 39.2 Å². The molecule has 0 spiro atoms. The molecule has 2 rings (SSSR count). The number of methoxy groups -OCH3 is 1. The highest BCUT2D eigenvalue weighted by Gasteiger charge is 2.22. The van der Waals surface area contributed by atoms with Gasteiger partial charge in [-0.25, -0.2) is 0 Å². The summed E-state index contributed by atoms with van der Waals surface area (Å²) < 4.78 is 4.85.